The molecule has 1 saturated heterocycles. The van der Waals surface area contributed by atoms with Gasteiger partial charge in [-0.05, 0) is 42.5 Å². The smallest absolute Gasteiger partial charge is 0.422 e. The van der Waals surface area contributed by atoms with Gasteiger partial charge in [-0.2, -0.15) is 0 Å². The lowest BCUT2D eigenvalue weighted by molar-refractivity contribution is -0.384. The Balaban J connectivity index is 1.44. The molecule has 5 aromatic rings. The molecule has 0 spiro atoms. The molecule has 1 aliphatic rings. The van der Waals surface area contributed by atoms with Crippen molar-refractivity contribution in [2.75, 3.05) is 6.61 Å². The van der Waals surface area contributed by atoms with Crippen molar-refractivity contribution in [3.05, 3.63) is 147 Å². The molecule has 0 aliphatic carbocycles. The van der Waals surface area contributed by atoms with Crippen molar-refractivity contribution in [3.8, 4) is 0 Å². The zero-order valence-electron chi connectivity index (χ0n) is 23.8. The van der Waals surface area contributed by atoms with Gasteiger partial charge in [0, 0.05) is 6.07 Å². The fraction of sp³-hybridized carbons (Fsp3) is 0.152. The molecule has 0 saturated carbocycles. The average molecular weight is 625 g/mol. The number of ether oxygens (including phenoxy) is 4. The number of nitro benzene ring substituents is 1. The highest BCUT2D eigenvalue weighted by Crippen LogP contribution is 2.34. The van der Waals surface area contributed by atoms with Gasteiger partial charge in [0.1, 0.15) is 0 Å². The number of rotatable bonds is 8. The highest BCUT2D eigenvalue weighted by molar-refractivity contribution is 5.91. The van der Waals surface area contributed by atoms with Gasteiger partial charge in [-0.3, -0.25) is 10.1 Å². The molecule has 0 radical (unpaired) electrons. The lowest BCUT2D eigenvalue weighted by Gasteiger charge is -2.40. The second kappa shape index (κ2) is 12.9. The van der Waals surface area contributed by atoms with Gasteiger partial charge in [0.05, 0.1) is 39.8 Å². The van der Waals surface area contributed by atoms with Gasteiger partial charge < -0.3 is 23.4 Å². The Bertz CT molecular complexity index is 1960. The van der Waals surface area contributed by atoms with Crippen LogP contribution >= 0.6 is 0 Å². The highest BCUT2D eigenvalue weighted by atomic mass is 16.7. The van der Waals surface area contributed by atoms with Crippen LogP contribution in [0.1, 0.15) is 37.3 Å². The third-order valence-electron chi connectivity index (χ3n) is 7.24. The molecule has 4 atom stereocenters. The van der Waals surface area contributed by atoms with Gasteiger partial charge in [0.15, 0.2) is 30.1 Å². The van der Waals surface area contributed by atoms with Crippen LogP contribution in [0, 0.1) is 10.1 Å². The Morgan fingerprint density at radius 1 is 0.717 bits per heavy atom. The van der Waals surface area contributed by atoms with Crippen LogP contribution in [0.5, 0.6) is 0 Å². The summed E-state index contributed by atoms with van der Waals surface area (Å²) >= 11 is 0. The van der Waals surface area contributed by atoms with Crippen LogP contribution in [-0.2, 0) is 18.9 Å². The van der Waals surface area contributed by atoms with Crippen LogP contribution in [0.4, 0.5) is 5.69 Å². The Kier molecular flexibility index (Phi) is 8.39. The summed E-state index contributed by atoms with van der Waals surface area (Å²) in [6.45, 7) is -0.401. The summed E-state index contributed by atoms with van der Waals surface area (Å²) < 4.78 is 29.9. The van der Waals surface area contributed by atoms with E-state index in [0.717, 1.165) is 10.6 Å². The molecular weight excluding hydrogens is 600 g/mol. The number of non-ortho nitro benzene ring substituents is 1. The van der Waals surface area contributed by atoms with Gasteiger partial charge in [-0.15, -0.1) is 0 Å². The molecule has 1 fully saturated rings. The first-order valence-electron chi connectivity index (χ1n) is 14.0. The molecule has 0 unspecified atom stereocenters. The molecule has 0 N–H and O–H groups in total. The molecule has 1 aromatic heterocycles. The van der Waals surface area contributed by atoms with E-state index in [1.165, 1.54) is 48.5 Å². The number of hydrogen-bond acceptors (Lipinski definition) is 11. The number of carbonyl (C=O) groups excluding carboxylic acids is 3. The monoisotopic (exact) mass is 624 g/mol. The third-order valence-corrected chi connectivity index (χ3v) is 7.24. The van der Waals surface area contributed by atoms with Crippen LogP contribution in [0.25, 0.3) is 11.1 Å². The molecular formula is C33H24N2O11. The van der Waals surface area contributed by atoms with Crippen molar-refractivity contribution < 1.29 is 42.7 Å². The van der Waals surface area contributed by atoms with Crippen molar-refractivity contribution in [1.29, 1.82) is 0 Å². The normalized spacial score (nSPS) is 19.2. The number of hydrogen-bond donors (Lipinski definition) is 0. The first-order valence-corrected chi connectivity index (χ1v) is 14.0. The van der Waals surface area contributed by atoms with Crippen LogP contribution in [0.3, 0.4) is 0 Å². The van der Waals surface area contributed by atoms with Gasteiger partial charge in [0.2, 0.25) is 0 Å². The molecule has 4 aromatic carbocycles. The maximum Gasteiger partial charge on any atom is 0.422 e. The van der Waals surface area contributed by atoms with E-state index in [0.29, 0.717) is 0 Å². The van der Waals surface area contributed by atoms with Crippen molar-refractivity contribution >= 4 is 34.7 Å². The largest absolute Gasteiger partial charge is 0.452 e. The highest BCUT2D eigenvalue weighted by Gasteiger charge is 2.50. The lowest BCUT2D eigenvalue weighted by atomic mass is 10.0. The van der Waals surface area contributed by atoms with Crippen molar-refractivity contribution in [1.82, 2.24) is 4.57 Å². The average Bonchev–Trinajstić information content (AvgIpc) is 3.41. The fourth-order valence-corrected chi connectivity index (χ4v) is 5.04. The van der Waals surface area contributed by atoms with Crippen molar-refractivity contribution in [3.63, 3.8) is 0 Å². The molecule has 232 valence electrons. The molecule has 1 aliphatic heterocycles. The second-order valence-corrected chi connectivity index (χ2v) is 10.2. The summed E-state index contributed by atoms with van der Waals surface area (Å²) in [6.07, 6.45) is -5.87. The predicted molar refractivity (Wildman–Crippen MR) is 159 cm³/mol. The minimum absolute atomic E-state index is 0.0780. The summed E-state index contributed by atoms with van der Waals surface area (Å²) in [6, 6.07) is 27.5. The van der Waals surface area contributed by atoms with Gasteiger partial charge in [-0.1, -0.05) is 54.6 Å². The van der Waals surface area contributed by atoms with E-state index in [4.69, 9.17) is 23.4 Å². The maximum atomic E-state index is 13.4. The molecule has 0 amide bonds. The van der Waals surface area contributed by atoms with Crippen LogP contribution in [-0.4, -0.2) is 52.3 Å². The van der Waals surface area contributed by atoms with Crippen LogP contribution in [0.15, 0.2) is 118 Å². The molecule has 0 bridgehead atoms. The van der Waals surface area contributed by atoms with E-state index in [-0.39, 0.29) is 33.5 Å². The number of benzene rings is 4. The van der Waals surface area contributed by atoms with E-state index >= 15 is 0 Å². The van der Waals surface area contributed by atoms with E-state index < -0.39 is 59.7 Å². The number of fused-ring (bicyclic) bond motifs is 1. The van der Waals surface area contributed by atoms with Crippen molar-refractivity contribution in [2.45, 2.75) is 24.5 Å². The van der Waals surface area contributed by atoms with Crippen LogP contribution < -0.4 is 5.76 Å². The zero-order valence-corrected chi connectivity index (χ0v) is 23.8. The molecule has 13 nitrogen and oxygen atoms in total. The summed E-state index contributed by atoms with van der Waals surface area (Å²) in [7, 11) is 0. The van der Waals surface area contributed by atoms with Gasteiger partial charge in [-0.25, -0.2) is 23.7 Å². The molecule has 46 heavy (non-hydrogen) atoms. The number of nitrogens with zero attached hydrogens (tertiary/aromatic N) is 2. The minimum Gasteiger partial charge on any atom is -0.452 e. The standard InChI is InChI=1S/C33H24N2O11/c36-30(20-10-4-1-5-11-20)43-26-19-42-29(34-24-17-16-23(35(40)41)18-25(24)44-33(34)39)28(46-32(38)22-14-8-3-9-15-22)27(26)45-31(37)21-12-6-2-7-13-21/h1-18,26-29H,19H2/t26-,27+,28+,29+/m0/s1. The lowest BCUT2D eigenvalue weighted by Crippen LogP contribution is -2.56. The quantitative estimate of drug-likeness (QED) is 0.102. The summed E-state index contributed by atoms with van der Waals surface area (Å²) in [4.78, 5) is 63.9. The number of esters is 3. The summed E-state index contributed by atoms with van der Waals surface area (Å²) in [5, 5.41) is 11.3. The van der Waals surface area contributed by atoms with Crippen molar-refractivity contribution in [2.24, 2.45) is 0 Å². The minimum atomic E-state index is -1.59. The van der Waals surface area contributed by atoms with Crippen LogP contribution in [0.2, 0.25) is 0 Å². The number of aromatic nitrogens is 1. The number of oxazole rings is 1. The Morgan fingerprint density at radius 3 is 1.74 bits per heavy atom. The van der Waals surface area contributed by atoms with Gasteiger partial charge >= 0.3 is 23.7 Å². The molecule has 13 heteroatoms. The third kappa shape index (κ3) is 6.12. The predicted octanol–water partition coefficient (Wildman–Crippen LogP) is 4.71. The van der Waals surface area contributed by atoms with E-state index in [2.05, 4.69) is 0 Å². The first kappa shape index (κ1) is 30.0. The number of nitro groups is 1. The molecule has 6 rings (SSSR count). The Morgan fingerprint density at radius 2 is 1.22 bits per heavy atom. The number of carbonyl (C=O) groups is 3. The zero-order chi connectivity index (χ0) is 32.2. The Hall–Kier alpha value is -6.08. The topological polar surface area (TPSA) is 166 Å². The Labute approximate surface area is 259 Å². The summed E-state index contributed by atoms with van der Waals surface area (Å²) in [5.74, 6) is -3.44. The second-order valence-electron chi connectivity index (χ2n) is 10.2. The van der Waals surface area contributed by atoms with Gasteiger partial charge in [0.25, 0.3) is 5.69 Å². The summed E-state index contributed by atoms with van der Waals surface area (Å²) in [5.41, 5.74) is 0.116. The fourth-order valence-electron chi connectivity index (χ4n) is 5.04. The first-order chi connectivity index (χ1) is 22.3. The van der Waals surface area contributed by atoms with E-state index in [1.807, 2.05) is 0 Å². The van der Waals surface area contributed by atoms with E-state index in [9.17, 15) is 29.3 Å². The van der Waals surface area contributed by atoms with E-state index in [1.54, 1.807) is 54.6 Å². The molecule has 2 heterocycles. The SMILES string of the molecule is O=C(O[C@@H]1[C@H](OC(=O)c2ccccc2)[C@@H](OC(=O)c2ccccc2)CO[C@H]1n1c(=O)oc2cc([N+](=O)[O-])ccc21)c1ccccc1. The maximum absolute atomic E-state index is 13.4.